The van der Waals surface area contributed by atoms with Crippen molar-refractivity contribution in [2.24, 2.45) is 5.92 Å². The molecule has 2 saturated heterocycles. The van der Waals surface area contributed by atoms with Crippen LogP contribution in [0.5, 0.6) is 0 Å². The van der Waals surface area contributed by atoms with Gasteiger partial charge in [-0.05, 0) is 57.6 Å². The Bertz CT molecular complexity index is 691. The van der Waals surface area contributed by atoms with Crippen LogP contribution in [0.1, 0.15) is 42.6 Å². The minimum Gasteiger partial charge on any atom is -0.372 e. The van der Waals surface area contributed by atoms with Crippen LogP contribution in [0.3, 0.4) is 0 Å². The summed E-state index contributed by atoms with van der Waals surface area (Å²) in [6.45, 7) is 8.64. The number of amides is 2. The van der Waals surface area contributed by atoms with Crippen molar-refractivity contribution < 1.29 is 14.3 Å². The van der Waals surface area contributed by atoms with Gasteiger partial charge in [-0.3, -0.25) is 9.59 Å². The molecule has 2 heterocycles. The first-order valence-electron chi connectivity index (χ1n) is 9.77. The Morgan fingerprint density at radius 1 is 1.07 bits per heavy atom. The number of nitrogens with zero attached hydrogens (tertiary/aromatic N) is 2. The summed E-state index contributed by atoms with van der Waals surface area (Å²) in [4.78, 5) is 30.8. The van der Waals surface area contributed by atoms with Crippen molar-refractivity contribution in [3.63, 3.8) is 0 Å². The van der Waals surface area contributed by atoms with Crippen LogP contribution in [0.15, 0.2) is 23.1 Å². The fourth-order valence-corrected chi connectivity index (χ4v) is 4.51. The predicted octanol–water partition coefficient (Wildman–Crippen LogP) is 3.20. The van der Waals surface area contributed by atoms with Crippen molar-refractivity contribution >= 4 is 23.6 Å². The first kappa shape index (κ1) is 20.2. The molecular weight excluding hydrogens is 360 g/mol. The van der Waals surface area contributed by atoms with E-state index in [1.807, 2.05) is 55.0 Å². The van der Waals surface area contributed by atoms with Crippen LogP contribution >= 0.6 is 11.8 Å². The fourth-order valence-electron chi connectivity index (χ4n) is 4.07. The van der Waals surface area contributed by atoms with Crippen molar-refractivity contribution in [1.29, 1.82) is 0 Å². The standard InChI is InChI=1S/C21H30N2O3S/c1-14-5-6-18(27-4)11-19(14)21(25)22-9-7-17(8-10-22)20(24)23-12-15(2)26-16(3)13-23/h5-6,11,15-17H,7-10,12-13H2,1-4H3. The summed E-state index contributed by atoms with van der Waals surface area (Å²) >= 11 is 1.64. The van der Waals surface area contributed by atoms with Gasteiger partial charge in [0.1, 0.15) is 0 Å². The molecule has 1 aromatic rings. The Hall–Kier alpha value is -1.53. The Balaban J connectivity index is 1.60. The highest BCUT2D eigenvalue weighted by Crippen LogP contribution is 2.25. The van der Waals surface area contributed by atoms with E-state index >= 15 is 0 Å². The van der Waals surface area contributed by atoms with E-state index in [1.165, 1.54) is 0 Å². The summed E-state index contributed by atoms with van der Waals surface area (Å²) < 4.78 is 5.73. The minimum absolute atomic E-state index is 0.0187. The number of carbonyl (C=O) groups excluding carboxylic acids is 2. The second kappa shape index (κ2) is 8.65. The maximum absolute atomic E-state index is 13.0. The van der Waals surface area contributed by atoms with Crippen molar-refractivity contribution in [1.82, 2.24) is 9.80 Å². The van der Waals surface area contributed by atoms with Crippen LogP contribution < -0.4 is 0 Å². The molecule has 0 saturated carbocycles. The summed E-state index contributed by atoms with van der Waals surface area (Å²) in [5.74, 6) is 0.331. The number of rotatable bonds is 3. The Morgan fingerprint density at radius 3 is 2.30 bits per heavy atom. The second-order valence-corrected chi connectivity index (χ2v) is 8.63. The average molecular weight is 391 g/mol. The smallest absolute Gasteiger partial charge is 0.254 e. The molecule has 0 aliphatic carbocycles. The van der Waals surface area contributed by atoms with Gasteiger partial charge in [0.15, 0.2) is 0 Å². The maximum Gasteiger partial charge on any atom is 0.254 e. The number of likely N-dealkylation sites (tertiary alicyclic amines) is 1. The lowest BCUT2D eigenvalue weighted by Crippen LogP contribution is -2.51. The molecule has 27 heavy (non-hydrogen) atoms. The summed E-state index contributed by atoms with van der Waals surface area (Å²) in [7, 11) is 0. The summed E-state index contributed by atoms with van der Waals surface area (Å²) in [6.07, 6.45) is 3.68. The number of ether oxygens (including phenoxy) is 1. The van der Waals surface area contributed by atoms with Crippen LogP contribution in [0.4, 0.5) is 0 Å². The molecule has 2 fully saturated rings. The van der Waals surface area contributed by atoms with E-state index in [0.717, 1.165) is 28.9 Å². The van der Waals surface area contributed by atoms with Crippen molar-refractivity contribution in [2.75, 3.05) is 32.4 Å². The van der Waals surface area contributed by atoms with Gasteiger partial charge in [-0.25, -0.2) is 0 Å². The summed E-state index contributed by atoms with van der Waals surface area (Å²) in [5, 5.41) is 0. The number of piperidine rings is 1. The molecular formula is C21H30N2O3S. The zero-order chi connectivity index (χ0) is 19.6. The Morgan fingerprint density at radius 2 is 1.70 bits per heavy atom. The molecule has 2 unspecified atom stereocenters. The SMILES string of the molecule is CSc1ccc(C)c(C(=O)N2CCC(C(=O)N3CC(C)OC(C)C3)CC2)c1. The lowest BCUT2D eigenvalue weighted by Gasteiger charge is -2.39. The van der Waals surface area contributed by atoms with Gasteiger partial charge < -0.3 is 14.5 Å². The van der Waals surface area contributed by atoms with Gasteiger partial charge in [-0.2, -0.15) is 0 Å². The third-order valence-electron chi connectivity index (χ3n) is 5.54. The molecule has 5 nitrogen and oxygen atoms in total. The minimum atomic E-state index is 0.0187. The molecule has 148 valence electrons. The highest BCUT2D eigenvalue weighted by atomic mass is 32.2. The average Bonchev–Trinajstić information content (AvgIpc) is 2.66. The molecule has 0 radical (unpaired) electrons. The van der Waals surface area contributed by atoms with Crippen molar-refractivity contribution in [3.05, 3.63) is 29.3 Å². The molecule has 6 heteroatoms. The molecule has 3 rings (SSSR count). The molecule has 0 bridgehead atoms. The molecule has 2 aliphatic heterocycles. The highest BCUT2D eigenvalue weighted by molar-refractivity contribution is 7.98. The normalized spacial score (nSPS) is 24.1. The van der Waals surface area contributed by atoms with Crippen LogP contribution in [0.2, 0.25) is 0 Å². The van der Waals surface area contributed by atoms with Gasteiger partial charge in [-0.1, -0.05) is 6.07 Å². The topological polar surface area (TPSA) is 49.9 Å². The van der Waals surface area contributed by atoms with Gasteiger partial charge in [0.25, 0.3) is 5.91 Å². The third-order valence-corrected chi connectivity index (χ3v) is 6.26. The lowest BCUT2D eigenvalue weighted by molar-refractivity contribution is -0.148. The molecule has 0 N–H and O–H groups in total. The number of morpholine rings is 1. The van der Waals surface area contributed by atoms with Crippen LogP contribution in [-0.4, -0.2) is 66.3 Å². The molecule has 0 aromatic heterocycles. The number of hydrogen-bond acceptors (Lipinski definition) is 4. The number of benzene rings is 1. The van der Waals surface area contributed by atoms with Gasteiger partial charge in [0.2, 0.25) is 5.91 Å². The molecule has 2 amide bonds. The molecule has 2 atom stereocenters. The molecule has 2 aliphatic rings. The van der Waals surface area contributed by atoms with Crippen molar-refractivity contribution in [2.45, 2.75) is 50.7 Å². The zero-order valence-corrected chi connectivity index (χ0v) is 17.6. The number of hydrogen-bond donors (Lipinski definition) is 0. The van der Waals surface area contributed by atoms with Gasteiger partial charge >= 0.3 is 0 Å². The monoisotopic (exact) mass is 390 g/mol. The van der Waals surface area contributed by atoms with E-state index in [-0.39, 0.29) is 29.9 Å². The highest BCUT2D eigenvalue weighted by Gasteiger charge is 2.33. The van der Waals surface area contributed by atoms with E-state index < -0.39 is 0 Å². The predicted molar refractivity (Wildman–Crippen MR) is 108 cm³/mol. The van der Waals surface area contributed by atoms with E-state index in [2.05, 4.69) is 0 Å². The fraction of sp³-hybridized carbons (Fsp3) is 0.619. The van der Waals surface area contributed by atoms with Crippen LogP contribution in [0.25, 0.3) is 0 Å². The number of aryl methyl sites for hydroxylation is 1. The summed E-state index contributed by atoms with van der Waals surface area (Å²) in [6, 6.07) is 6.04. The maximum atomic E-state index is 13.0. The van der Waals surface area contributed by atoms with E-state index in [4.69, 9.17) is 4.74 Å². The third kappa shape index (κ3) is 4.66. The number of thioether (sulfide) groups is 1. The zero-order valence-electron chi connectivity index (χ0n) is 16.7. The van der Waals surface area contributed by atoms with E-state index in [0.29, 0.717) is 26.2 Å². The largest absolute Gasteiger partial charge is 0.372 e. The Kier molecular flexibility index (Phi) is 6.48. The first-order chi connectivity index (χ1) is 12.9. The van der Waals surface area contributed by atoms with Gasteiger partial charge in [0, 0.05) is 42.6 Å². The molecule has 0 spiro atoms. The van der Waals surface area contributed by atoms with Crippen LogP contribution in [-0.2, 0) is 9.53 Å². The lowest BCUT2D eigenvalue weighted by atomic mass is 9.94. The van der Waals surface area contributed by atoms with Gasteiger partial charge in [-0.15, -0.1) is 11.8 Å². The Labute approximate surface area is 166 Å². The quantitative estimate of drug-likeness (QED) is 0.744. The van der Waals surface area contributed by atoms with Crippen LogP contribution in [0, 0.1) is 12.8 Å². The second-order valence-electron chi connectivity index (χ2n) is 7.75. The van der Waals surface area contributed by atoms with Crippen molar-refractivity contribution in [3.8, 4) is 0 Å². The summed E-state index contributed by atoms with van der Waals surface area (Å²) in [5.41, 5.74) is 1.79. The van der Waals surface area contributed by atoms with E-state index in [1.54, 1.807) is 11.8 Å². The number of carbonyl (C=O) groups is 2. The first-order valence-corrected chi connectivity index (χ1v) is 11.0. The van der Waals surface area contributed by atoms with Gasteiger partial charge in [0.05, 0.1) is 12.2 Å². The molecule has 1 aromatic carbocycles. The van der Waals surface area contributed by atoms with E-state index in [9.17, 15) is 9.59 Å².